The van der Waals surface area contributed by atoms with E-state index in [0.29, 0.717) is 16.3 Å². The molecule has 2 rings (SSSR count). The van der Waals surface area contributed by atoms with Crippen LogP contribution in [0.2, 0.25) is 0 Å². The Morgan fingerprint density at radius 2 is 2.00 bits per heavy atom. The number of nitrogens with one attached hydrogen (secondary N) is 1. The van der Waals surface area contributed by atoms with E-state index >= 15 is 0 Å². The third-order valence-corrected chi connectivity index (χ3v) is 3.35. The first-order valence-corrected chi connectivity index (χ1v) is 7.29. The molecular formula is C16H17BrFNO. The van der Waals surface area contributed by atoms with Crippen LogP contribution in [0.1, 0.15) is 19.4 Å². The van der Waals surface area contributed by atoms with Crippen molar-refractivity contribution in [3.05, 3.63) is 58.3 Å². The molecule has 0 fully saturated rings. The van der Waals surface area contributed by atoms with Crippen LogP contribution in [0.15, 0.2) is 46.9 Å². The lowest BCUT2D eigenvalue weighted by Crippen LogP contribution is -2.21. The van der Waals surface area contributed by atoms with Crippen LogP contribution < -0.4 is 10.1 Å². The van der Waals surface area contributed by atoms with Crippen molar-refractivity contribution in [3.8, 4) is 11.5 Å². The van der Waals surface area contributed by atoms with Crippen LogP contribution in [0.25, 0.3) is 0 Å². The van der Waals surface area contributed by atoms with Gasteiger partial charge in [0.25, 0.3) is 0 Å². The molecule has 0 aliphatic carbocycles. The van der Waals surface area contributed by atoms with E-state index in [1.807, 2.05) is 24.3 Å². The molecule has 2 aromatic rings. The van der Waals surface area contributed by atoms with Gasteiger partial charge in [-0.1, -0.05) is 26.0 Å². The average molecular weight is 338 g/mol. The number of hydrogen-bond donors (Lipinski definition) is 1. The molecule has 0 saturated carbocycles. The summed E-state index contributed by atoms with van der Waals surface area (Å²) in [7, 11) is 0. The third kappa shape index (κ3) is 4.32. The number of halogens is 2. The number of ether oxygens (including phenoxy) is 1. The van der Waals surface area contributed by atoms with Gasteiger partial charge in [0.1, 0.15) is 17.3 Å². The highest BCUT2D eigenvalue weighted by atomic mass is 79.9. The van der Waals surface area contributed by atoms with Crippen LogP contribution in [-0.4, -0.2) is 6.04 Å². The minimum atomic E-state index is -0.292. The van der Waals surface area contributed by atoms with Gasteiger partial charge < -0.3 is 10.1 Å². The molecule has 2 aromatic carbocycles. The Morgan fingerprint density at radius 1 is 1.20 bits per heavy atom. The summed E-state index contributed by atoms with van der Waals surface area (Å²) in [5.74, 6) is 1.04. The summed E-state index contributed by atoms with van der Waals surface area (Å²) in [6.45, 7) is 5.01. The van der Waals surface area contributed by atoms with Crippen molar-refractivity contribution in [2.45, 2.75) is 26.4 Å². The van der Waals surface area contributed by atoms with E-state index in [1.54, 1.807) is 6.07 Å². The third-order valence-electron chi connectivity index (χ3n) is 2.73. The molecule has 1 N–H and O–H groups in total. The molecule has 0 aliphatic heterocycles. The van der Waals surface area contributed by atoms with Crippen LogP contribution in [-0.2, 0) is 6.54 Å². The fourth-order valence-corrected chi connectivity index (χ4v) is 2.16. The van der Waals surface area contributed by atoms with Crippen molar-refractivity contribution in [2.24, 2.45) is 0 Å². The predicted molar refractivity (Wildman–Crippen MR) is 82.6 cm³/mol. The quantitative estimate of drug-likeness (QED) is 0.839. The van der Waals surface area contributed by atoms with Gasteiger partial charge in [-0.25, -0.2) is 4.39 Å². The summed E-state index contributed by atoms with van der Waals surface area (Å²) < 4.78 is 19.4. The zero-order valence-electron chi connectivity index (χ0n) is 11.5. The molecule has 2 nitrogen and oxygen atoms in total. The summed E-state index contributed by atoms with van der Waals surface area (Å²) in [5.41, 5.74) is 1.15. The highest BCUT2D eigenvalue weighted by molar-refractivity contribution is 9.10. The minimum absolute atomic E-state index is 0.292. The summed E-state index contributed by atoms with van der Waals surface area (Å²) in [5, 5.41) is 3.36. The Morgan fingerprint density at radius 3 is 2.70 bits per heavy atom. The Bertz CT molecular complexity index is 586. The maximum absolute atomic E-state index is 13.0. The van der Waals surface area contributed by atoms with Gasteiger partial charge in [0.05, 0.1) is 4.47 Å². The second-order valence-electron chi connectivity index (χ2n) is 4.86. The SMILES string of the molecule is CC(C)NCc1cccc(Oc2ccc(F)cc2Br)c1. The van der Waals surface area contributed by atoms with E-state index in [9.17, 15) is 4.39 Å². The zero-order valence-corrected chi connectivity index (χ0v) is 13.1. The van der Waals surface area contributed by atoms with E-state index in [-0.39, 0.29) is 5.82 Å². The molecule has 0 aromatic heterocycles. The fraction of sp³-hybridized carbons (Fsp3) is 0.250. The molecular weight excluding hydrogens is 321 g/mol. The van der Waals surface area contributed by atoms with Crippen LogP contribution >= 0.6 is 15.9 Å². The minimum Gasteiger partial charge on any atom is -0.456 e. The first-order chi connectivity index (χ1) is 9.54. The molecule has 0 bridgehead atoms. The van der Waals surface area contributed by atoms with Crippen molar-refractivity contribution >= 4 is 15.9 Å². The smallest absolute Gasteiger partial charge is 0.141 e. The molecule has 106 valence electrons. The Labute approximate surface area is 127 Å². The molecule has 0 heterocycles. The molecule has 20 heavy (non-hydrogen) atoms. The topological polar surface area (TPSA) is 21.3 Å². The first-order valence-electron chi connectivity index (χ1n) is 6.50. The lowest BCUT2D eigenvalue weighted by molar-refractivity contribution is 0.475. The van der Waals surface area contributed by atoms with Gasteiger partial charge in [0.15, 0.2) is 0 Å². The van der Waals surface area contributed by atoms with E-state index < -0.39 is 0 Å². The molecule has 0 atom stereocenters. The Balaban J connectivity index is 2.11. The molecule has 0 unspecified atom stereocenters. The van der Waals surface area contributed by atoms with Gasteiger partial charge in [-0.05, 0) is 51.8 Å². The lowest BCUT2D eigenvalue weighted by atomic mass is 10.2. The summed E-state index contributed by atoms with van der Waals surface area (Å²) >= 11 is 3.30. The lowest BCUT2D eigenvalue weighted by Gasteiger charge is -2.11. The summed E-state index contributed by atoms with van der Waals surface area (Å²) in [6, 6.07) is 12.7. The Hall–Kier alpha value is -1.39. The summed E-state index contributed by atoms with van der Waals surface area (Å²) in [6.07, 6.45) is 0. The molecule has 0 aliphatic rings. The zero-order chi connectivity index (χ0) is 14.5. The van der Waals surface area contributed by atoms with Crippen LogP contribution in [0.5, 0.6) is 11.5 Å². The van der Waals surface area contributed by atoms with Crippen molar-refractivity contribution in [1.29, 1.82) is 0 Å². The monoisotopic (exact) mass is 337 g/mol. The number of benzene rings is 2. The molecule has 0 saturated heterocycles. The average Bonchev–Trinajstić information content (AvgIpc) is 2.40. The Kier molecular flexibility index (Phi) is 5.15. The standard InChI is InChI=1S/C16H17BrFNO/c1-11(2)19-10-12-4-3-5-14(8-12)20-16-7-6-13(18)9-15(16)17/h3-9,11,19H,10H2,1-2H3. The highest BCUT2D eigenvalue weighted by Crippen LogP contribution is 2.30. The van der Waals surface area contributed by atoms with Gasteiger partial charge in [-0.15, -0.1) is 0 Å². The number of rotatable bonds is 5. The molecule has 0 spiro atoms. The van der Waals surface area contributed by atoms with Gasteiger partial charge in [-0.3, -0.25) is 0 Å². The maximum atomic E-state index is 13.0. The van der Waals surface area contributed by atoms with E-state index in [0.717, 1.165) is 17.9 Å². The summed E-state index contributed by atoms with van der Waals surface area (Å²) in [4.78, 5) is 0. The maximum Gasteiger partial charge on any atom is 0.141 e. The van der Waals surface area contributed by atoms with Gasteiger partial charge in [0.2, 0.25) is 0 Å². The van der Waals surface area contributed by atoms with Crippen LogP contribution in [0, 0.1) is 5.82 Å². The molecule has 0 amide bonds. The molecule has 0 radical (unpaired) electrons. The molecule has 4 heteroatoms. The van der Waals surface area contributed by atoms with Crippen molar-refractivity contribution in [2.75, 3.05) is 0 Å². The first kappa shape index (κ1) is 15.0. The van der Waals surface area contributed by atoms with E-state index in [2.05, 4.69) is 35.1 Å². The van der Waals surface area contributed by atoms with Crippen molar-refractivity contribution in [1.82, 2.24) is 5.32 Å². The van der Waals surface area contributed by atoms with Gasteiger partial charge in [0, 0.05) is 12.6 Å². The predicted octanol–water partition coefficient (Wildman–Crippen LogP) is 4.88. The van der Waals surface area contributed by atoms with Gasteiger partial charge in [-0.2, -0.15) is 0 Å². The normalized spacial score (nSPS) is 10.8. The second-order valence-corrected chi connectivity index (χ2v) is 5.71. The highest BCUT2D eigenvalue weighted by Gasteiger charge is 2.05. The van der Waals surface area contributed by atoms with Crippen LogP contribution in [0.3, 0.4) is 0 Å². The van der Waals surface area contributed by atoms with Crippen molar-refractivity contribution < 1.29 is 9.13 Å². The van der Waals surface area contributed by atoms with E-state index in [4.69, 9.17) is 4.74 Å². The second kappa shape index (κ2) is 6.86. The van der Waals surface area contributed by atoms with Crippen LogP contribution in [0.4, 0.5) is 4.39 Å². The largest absolute Gasteiger partial charge is 0.456 e. The number of hydrogen-bond acceptors (Lipinski definition) is 2. The van der Waals surface area contributed by atoms with Crippen molar-refractivity contribution in [3.63, 3.8) is 0 Å². The van der Waals surface area contributed by atoms with Gasteiger partial charge >= 0.3 is 0 Å². The fourth-order valence-electron chi connectivity index (χ4n) is 1.73. The van der Waals surface area contributed by atoms with E-state index in [1.165, 1.54) is 12.1 Å².